The first-order valence-corrected chi connectivity index (χ1v) is 5.87. The van der Waals surface area contributed by atoms with Crippen LogP contribution >= 0.6 is 23.2 Å². The third-order valence-corrected chi connectivity index (χ3v) is 3.51. The van der Waals surface area contributed by atoms with E-state index in [1.54, 1.807) is 4.68 Å². The zero-order chi connectivity index (χ0) is 12.0. The fraction of sp³-hybridized carbons (Fsp3) is 0.0833. The van der Waals surface area contributed by atoms with E-state index in [1.807, 2.05) is 37.6 Å². The quantitative estimate of drug-likeness (QED) is 0.712. The monoisotopic (exact) mass is 265 g/mol. The van der Waals surface area contributed by atoms with E-state index in [2.05, 4.69) is 10.1 Å². The third-order valence-electron chi connectivity index (χ3n) is 2.73. The molecule has 0 atom stereocenters. The molecule has 0 aliphatic heterocycles. The summed E-state index contributed by atoms with van der Waals surface area (Å²) in [6, 6.07) is 5.77. The summed E-state index contributed by atoms with van der Waals surface area (Å²) in [5, 5.41) is 6.49. The molecule has 0 aliphatic carbocycles. The summed E-state index contributed by atoms with van der Waals surface area (Å²) in [6.45, 7) is 0. The Kier molecular flexibility index (Phi) is 2.38. The van der Waals surface area contributed by atoms with E-state index >= 15 is 0 Å². The van der Waals surface area contributed by atoms with E-state index in [0.717, 1.165) is 22.2 Å². The Morgan fingerprint density at radius 3 is 2.82 bits per heavy atom. The molecule has 0 bridgehead atoms. The number of fused-ring (bicyclic) bond motifs is 1. The van der Waals surface area contributed by atoms with Crippen molar-refractivity contribution < 1.29 is 0 Å². The summed E-state index contributed by atoms with van der Waals surface area (Å²) in [6.07, 6.45) is 3.75. The number of benzene rings is 1. The van der Waals surface area contributed by atoms with Gasteiger partial charge in [0, 0.05) is 30.4 Å². The molecule has 0 fully saturated rings. The molecule has 2 aromatic heterocycles. The average molecular weight is 266 g/mol. The molecule has 0 radical (unpaired) electrons. The van der Waals surface area contributed by atoms with Crippen molar-refractivity contribution in [3.63, 3.8) is 0 Å². The zero-order valence-electron chi connectivity index (χ0n) is 9.04. The topological polar surface area (TPSA) is 33.6 Å². The lowest BCUT2D eigenvalue weighted by molar-refractivity contribution is 0.771. The molecule has 17 heavy (non-hydrogen) atoms. The van der Waals surface area contributed by atoms with Crippen LogP contribution < -0.4 is 0 Å². The fourth-order valence-electron chi connectivity index (χ4n) is 1.93. The predicted molar refractivity (Wildman–Crippen MR) is 70.5 cm³/mol. The van der Waals surface area contributed by atoms with Crippen molar-refractivity contribution in [2.45, 2.75) is 0 Å². The van der Waals surface area contributed by atoms with Gasteiger partial charge in [-0.05, 0) is 18.2 Å². The van der Waals surface area contributed by atoms with E-state index in [9.17, 15) is 0 Å². The van der Waals surface area contributed by atoms with Crippen molar-refractivity contribution in [1.29, 1.82) is 0 Å². The van der Waals surface area contributed by atoms with E-state index in [-0.39, 0.29) is 0 Å². The number of hydrogen-bond donors (Lipinski definition) is 1. The van der Waals surface area contributed by atoms with Gasteiger partial charge in [0.25, 0.3) is 0 Å². The van der Waals surface area contributed by atoms with Crippen LogP contribution in [0.5, 0.6) is 0 Å². The van der Waals surface area contributed by atoms with Crippen molar-refractivity contribution in [1.82, 2.24) is 14.8 Å². The molecule has 0 unspecified atom stereocenters. The second-order valence-corrected chi connectivity index (χ2v) is 4.65. The van der Waals surface area contributed by atoms with Crippen molar-refractivity contribution in [3.8, 4) is 11.3 Å². The molecule has 0 aliphatic rings. The lowest BCUT2D eigenvalue weighted by Crippen LogP contribution is -1.88. The lowest BCUT2D eigenvalue weighted by Gasteiger charge is -2.04. The molecule has 3 aromatic rings. The predicted octanol–water partition coefficient (Wildman–Crippen LogP) is 3.88. The van der Waals surface area contributed by atoms with Gasteiger partial charge >= 0.3 is 0 Å². The molecular formula is C12H9Cl2N3. The summed E-state index contributed by atoms with van der Waals surface area (Å²) >= 11 is 12.3. The second-order valence-electron chi connectivity index (χ2n) is 3.86. The summed E-state index contributed by atoms with van der Waals surface area (Å²) in [5.41, 5.74) is 2.71. The van der Waals surface area contributed by atoms with Crippen LogP contribution in [-0.2, 0) is 7.05 Å². The van der Waals surface area contributed by atoms with Crippen LogP contribution in [0.4, 0.5) is 0 Å². The fourth-order valence-corrected chi connectivity index (χ4v) is 2.35. The van der Waals surface area contributed by atoms with Crippen LogP contribution in [0.25, 0.3) is 22.2 Å². The van der Waals surface area contributed by atoms with Crippen LogP contribution in [0.3, 0.4) is 0 Å². The van der Waals surface area contributed by atoms with Crippen LogP contribution in [0.15, 0.2) is 30.6 Å². The molecular weight excluding hydrogens is 257 g/mol. The summed E-state index contributed by atoms with van der Waals surface area (Å²) in [4.78, 5) is 3.09. The Labute approximate surface area is 108 Å². The lowest BCUT2D eigenvalue weighted by atomic mass is 10.1. The highest BCUT2D eigenvalue weighted by Gasteiger charge is 2.13. The third kappa shape index (κ3) is 1.63. The molecule has 0 saturated carbocycles. The molecule has 0 amide bonds. The normalized spacial score (nSPS) is 11.2. The maximum atomic E-state index is 6.14. The maximum Gasteiger partial charge on any atom is 0.0930 e. The van der Waals surface area contributed by atoms with E-state index in [4.69, 9.17) is 23.2 Å². The van der Waals surface area contributed by atoms with Crippen molar-refractivity contribution in [3.05, 3.63) is 40.6 Å². The van der Waals surface area contributed by atoms with E-state index in [1.165, 1.54) is 0 Å². The smallest absolute Gasteiger partial charge is 0.0930 e. The van der Waals surface area contributed by atoms with Crippen LogP contribution in [0.1, 0.15) is 0 Å². The molecule has 2 heterocycles. The standard InChI is InChI=1S/C12H9Cl2N3/c1-17-5-3-10(16-17)8-6-9(13)11(14)12-7(8)2-4-15-12/h2-6,15H,1H3. The highest BCUT2D eigenvalue weighted by Crippen LogP contribution is 2.36. The molecule has 0 saturated heterocycles. The molecule has 3 rings (SSSR count). The van der Waals surface area contributed by atoms with Gasteiger partial charge in [0.1, 0.15) is 0 Å². The average Bonchev–Trinajstić information content (AvgIpc) is 2.92. The van der Waals surface area contributed by atoms with Crippen LogP contribution in [0, 0.1) is 0 Å². The van der Waals surface area contributed by atoms with E-state index in [0.29, 0.717) is 10.0 Å². The molecule has 3 nitrogen and oxygen atoms in total. The van der Waals surface area contributed by atoms with Crippen LogP contribution in [-0.4, -0.2) is 14.8 Å². The Morgan fingerprint density at radius 2 is 2.12 bits per heavy atom. The Hall–Kier alpha value is -1.45. The maximum absolute atomic E-state index is 6.14. The Morgan fingerprint density at radius 1 is 1.29 bits per heavy atom. The summed E-state index contributed by atoms with van der Waals surface area (Å²) < 4.78 is 1.76. The minimum atomic E-state index is 0.530. The van der Waals surface area contributed by atoms with Gasteiger partial charge in [-0.25, -0.2) is 0 Å². The number of rotatable bonds is 1. The number of aromatic amines is 1. The van der Waals surface area contributed by atoms with Gasteiger partial charge in [0.05, 0.1) is 21.3 Å². The number of halogens is 2. The van der Waals surface area contributed by atoms with Crippen molar-refractivity contribution in [2.24, 2.45) is 7.05 Å². The van der Waals surface area contributed by atoms with Gasteiger partial charge in [-0.2, -0.15) is 5.10 Å². The van der Waals surface area contributed by atoms with Crippen LogP contribution in [0.2, 0.25) is 10.0 Å². The number of hydrogen-bond acceptors (Lipinski definition) is 1. The number of nitrogens with one attached hydrogen (secondary N) is 1. The largest absolute Gasteiger partial charge is 0.360 e. The summed E-state index contributed by atoms with van der Waals surface area (Å²) in [5.74, 6) is 0. The molecule has 86 valence electrons. The summed E-state index contributed by atoms with van der Waals surface area (Å²) in [7, 11) is 1.88. The minimum Gasteiger partial charge on any atom is -0.360 e. The Bertz CT molecular complexity index is 697. The number of aryl methyl sites for hydroxylation is 1. The van der Waals surface area contributed by atoms with Crippen molar-refractivity contribution >= 4 is 34.1 Å². The molecule has 1 N–H and O–H groups in total. The van der Waals surface area contributed by atoms with Gasteiger partial charge in [-0.3, -0.25) is 4.68 Å². The number of nitrogens with zero attached hydrogens (tertiary/aromatic N) is 2. The zero-order valence-corrected chi connectivity index (χ0v) is 10.5. The number of aromatic nitrogens is 3. The highest BCUT2D eigenvalue weighted by molar-refractivity contribution is 6.45. The minimum absolute atomic E-state index is 0.530. The van der Waals surface area contributed by atoms with Gasteiger partial charge < -0.3 is 4.98 Å². The first kappa shape index (κ1) is 10.7. The molecule has 1 aromatic carbocycles. The molecule has 5 heteroatoms. The highest BCUT2D eigenvalue weighted by atomic mass is 35.5. The second kappa shape index (κ2) is 3.79. The molecule has 0 spiro atoms. The number of H-pyrrole nitrogens is 1. The first-order valence-electron chi connectivity index (χ1n) is 5.12. The van der Waals surface area contributed by atoms with Gasteiger partial charge in [0.15, 0.2) is 0 Å². The van der Waals surface area contributed by atoms with E-state index < -0.39 is 0 Å². The van der Waals surface area contributed by atoms with Crippen molar-refractivity contribution in [2.75, 3.05) is 0 Å². The van der Waals surface area contributed by atoms with Gasteiger partial charge in [-0.1, -0.05) is 23.2 Å². The van der Waals surface area contributed by atoms with Gasteiger partial charge in [-0.15, -0.1) is 0 Å². The first-order chi connectivity index (χ1) is 8.16. The SMILES string of the molecule is Cn1ccc(-c2cc(Cl)c(Cl)c3[nH]ccc23)n1. The van der Waals surface area contributed by atoms with Gasteiger partial charge in [0.2, 0.25) is 0 Å². The Balaban J connectivity index is 2.36.